The van der Waals surface area contributed by atoms with Gasteiger partial charge in [0.15, 0.2) is 5.82 Å². The molecule has 31 heavy (non-hydrogen) atoms. The molecule has 9 heteroatoms. The minimum Gasteiger partial charge on any atom is -0.353 e. The first-order chi connectivity index (χ1) is 15.1. The number of hydrogen-bond acceptors (Lipinski definition) is 7. The molecule has 2 aliphatic rings. The topological polar surface area (TPSA) is 87.1 Å². The summed E-state index contributed by atoms with van der Waals surface area (Å²) in [5, 5.41) is 2.78. The third-order valence-corrected chi connectivity index (χ3v) is 5.72. The zero-order valence-corrected chi connectivity index (χ0v) is 17.1. The number of piperazine rings is 1. The molecule has 8 nitrogen and oxygen atoms in total. The Morgan fingerprint density at radius 1 is 1.13 bits per heavy atom. The minimum atomic E-state index is -0.370. The van der Waals surface area contributed by atoms with Crippen molar-refractivity contribution in [1.82, 2.24) is 25.3 Å². The van der Waals surface area contributed by atoms with Gasteiger partial charge in [0, 0.05) is 56.1 Å². The molecule has 1 atom stereocenters. The number of rotatable bonds is 3. The summed E-state index contributed by atoms with van der Waals surface area (Å²) >= 11 is 0. The second kappa shape index (κ2) is 7.90. The van der Waals surface area contributed by atoms with Gasteiger partial charge in [-0.1, -0.05) is 6.07 Å². The van der Waals surface area contributed by atoms with Crippen LogP contribution < -0.4 is 15.1 Å². The van der Waals surface area contributed by atoms with Gasteiger partial charge in [-0.15, -0.1) is 0 Å². The van der Waals surface area contributed by atoms with Gasteiger partial charge in [0.05, 0.1) is 18.3 Å². The van der Waals surface area contributed by atoms with E-state index in [9.17, 15) is 9.18 Å². The smallest absolute Gasteiger partial charge is 0.239 e. The van der Waals surface area contributed by atoms with Gasteiger partial charge in [-0.2, -0.15) is 0 Å². The molecule has 1 unspecified atom stereocenters. The van der Waals surface area contributed by atoms with Crippen molar-refractivity contribution < 1.29 is 9.18 Å². The van der Waals surface area contributed by atoms with E-state index < -0.39 is 0 Å². The van der Waals surface area contributed by atoms with Crippen molar-refractivity contribution >= 4 is 17.5 Å². The van der Waals surface area contributed by atoms with E-state index in [0.717, 1.165) is 17.0 Å². The second-order valence-electron chi connectivity index (χ2n) is 7.70. The molecule has 1 amide bonds. The predicted octanol–water partition coefficient (Wildman–Crippen LogP) is 2.13. The largest absolute Gasteiger partial charge is 0.353 e. The standard InChI is InChI=1S/C22H22FN7O/c1-14-16-12-26-22(18-4-2-3-6-24-18)27-17(16)5-8-30(14)20-11-15(23)10-19(28-20)29-9-7-25-21(31)13-29/h2-4,6,10-12,14H,5,7-9,13H2,1H3,(H,25,31). The zero-order chi connectivity index (χ0) is 21.4. The summed E-state index contributed by atoms with van der Waals surface area (Å²) in [7, 11) is 0. The van der Waals surface area contributed by atoms with Crippen LogP contribution in [0.15, 0.2) is 42.7 Å². The Kier molecular flexibility index (Phi) is 4.93. The fraction of sp³-hybridized carbons (Fsp3) is 0.318. The molecule has 0 radical (unpaired) electrons. The van der Waals surface area contributed by atoms with Crippen LogP contribution in [0.25, 0.3) is 11.5 Å². The summed E-state index contributed by atoms with van der Waals surface area (Å²) < 4.78 is 14.5. The fourth-order valence-electron chi connectivity index (χ4n) is 4.11. The van der Waals surface area contributed by atoms with Crippen LogP contribution in [0, 0.1) is 5.82 Å². The number of aromatic nitrogens is 4. The van der Waals surface area contributed by atoms with Crippen LogP contribution >= 0.6 is 0 Å². The second-order valence-corrected chi connectivity index (χ2v) is 7.70. The monoisotopic (exact) mass is 419 g/mol. The third kappa shape index (κ3) is 3.78. The highest BCUT2D eigenvalue weighted by atomic mass is 19.1. The number of nitrogens with one attached hydrogen (secondary N) is 1. The number of carbonyl (C=O) groups is 1. The van der Waals surface area contributed by atoms with E-state index in [-0.39, 0.29) is 24.3 Å². The first-order valence-electron chi connectivity index (χ1n) is 10.3. The lowest BCUT2D eigenvalue weighted by Crippen LogP contribution is -2.48. The molecule has 158 valence electrons. The number of anilines is 2. The summed E-state index contributed by atoms with van der Waals surface area (Å²) in [4.78, 5) is 33.8. The molecular weight excluding hydrogens is 397 g/mol. The summed E-state index contributed by atoms with van der Waals surface area (Å²) in [6.07, 6.45) is 4.25. The Bertz CT molecular complexity index is 1120. The van der Waals surface area contributed by atoms with Gasteiger partial charge in [0.2, 0.25) is 5.91 Å². The number of fused-ring (bicyclic) bond motifs is 1. The highest BCUT2D eigenvalue weighted by Crippen LogP contribution is 2.33. The lowest BCUT2D eigenvalue weighted by atomic mass is 9.99. The van der Waals surface area contributed by atoms with Crippen LogP contribution in [0.1, 0.15) is 24.2 Å². The van der Waals surface area contributed by atoms with Crippen molar-refractivity contribution in [2.24, 2.45) is 0 Å². The van der Waals surface area contributed by atoms with Crippen molar-refractivity contribution in [1.29, 1.82) is 0 Å². The maximum absolute atomic E-state index is 14.5. The fourth-order valence-corrected chi connectivity index (χ4v) is 4.11. The molecule has 1 N–H and O–H groups in total. The molecule has 1 saturated heterocycles. The number of nitrogens with zero attached hydrogens (tertiary/aromatic N) is 6. The number of amides is 1. The SMILES string of the molecule is CC1c2cnc(-c3ccccn3)nc2CCN1c1cc(F)cc(N2CCNC(=O)C2)n1. The van der Waals surface area contributed by atoms with E-state index in [1.165, 1.54) is 12.1 Å². The molecule has 0 bridgehead atoms. The van der Waals surface area contributed by atoms with Crippen molar-refractivity contribution in [3.63, 3.8) is 0 Å². The van der Waals surface area contributed by atoms with Gasteiger partial charge in [-0.3, -0.25) is 9.78 Å². The van der Waals surface area contributed by atoms with E-state index in [4.69, 9.17) is 4.98 Å². The lowest BCUT2D eigenvalue weighted by Gasteiger charge is -2.36. The Morgan fingerprint density at radius 3 is 2.81 bits per heavy atom. The van der Waals surface area contributed by atoms with E-state index in [2.05, 4.69) is 25.2 Å². The molecule has 0 aromatic carbocycles. The maximum atomic E-state index is 14.5. The van der Waals surface area contributed by atoms with Gasteiger partial charge < -0.3 is 15.1 Å². The number of halogens is 1. The third-order valence-electron chi connectivity index (χ3n) is 5.72. The first kappa shape index (κ1) is 19.3. The molecule has 0 saturated carbocycles. The van der Waals surface area contributed by atoms with Crippen molar-refractivity contribution in [3.8, 4) is 11.5 Å². The van der Waals surface area contributed by atoms with Gasteiger partial charge in [-0.25, -0.2) is 19.3 Å². The average Bonchev–Trinajstić information content (AvgIpc) is 2.79. The first-order valence-corrected chi connectivity index (χ1v) is 10.3. The van der Waals surface area contributed by atoms with Crippen molar-refractivity contribution in [2.75, 3.05) is 36.0 Å². The number of hydrogen-bond donors (Lipinski definition) is 1. The molecule has 0 aliphatic carbocycles. The van der Waals surface area contributed by atoms with Gasteiger partial charge in [0.25, 0.3) is 0 Å². The highest BCUT2D eigenvalue weighted by Gasteiger charge is 2.28. The van der Waals surface area contributed by atoms with Crippen LogP contribution in [0.5, 0.6) is 0 Å². The predicted molar refractivity (Wildman–Crippen MR) is 114 cm³/mol. The molecule has 0 spiro atoms. The Balaban J connectivity index is 1.43. The lowest BCUT2D eigenvalue weighted by molar-refractivity contribution is -0.120. The molecule has 5 heterocycles. The average molecular weight is 419 g/mol. The number of carbonyl (C=O) groups excluding carboxylic acids is 1. The molecule has 1 fully saturated rings. The molecule has 5 rings (SSSR count). The van der Waals surface area contributed by atoms with Crippen LogP contribution in [0.3, 0.4) is 0 Å². The quantitative estimate of drug-likeness (QED) is 0.696. The molecule has 3 aromatic rings. The van der Waals surface area contributed by atoms with E-state index in [1.54, 1.807) is 11.1 Å². The zero-order valence-electron chi connectivity index (χ0n) is 17.1. The molecular formula is C22H22FN7O. The maximum Gasteiger partial charge on any atom is 0.239 e. The molecule has 3 aromatic heterocycles. The summed E-state index contributed by atoms with van der Waals surface area (Å²) in [5.74, 6) is 1.18. The van der Waals surface area contributed by atoms with Crippen molar-refractivity contribution in [3.05, 3.63) is 59.8 Å². The Hall–Kier alpha value is -3.62. The molecule has 2 aliphatic heterocycles. The summed E-state index contributed by atoms with van der Waals surface area (Å²) in [6.45, 7) is 4.00. The summed E-state index contributed by atoms with van der Waals surface area (Å²) in [6, 6.07) is 8.42. The van der Waals surface area contributed by atoms with Crippen LogP contribution in [-0.2, 0) is 11.2 Å². The van der Waals surface area contributed by atoms with Crippen LogP contribution in [0.2, 0.25) is 0 Å². The van der Waals surface area contributed by atoms with Gasteiger partial charge in [0.1, 0.15) is 23.1 Å². The Labute approximate surface area is 179 Å². The number of pyridine rings is 2. The minimum absolute atomic E-state index is 0.0617. The van der Waals surface area contributed by atoms with Gasteiger partial charge >= 0.3 is 0 Å². The van der Waals surface area contributed by atoms with Crippen LogP contribution in [0.4, 0.5) is 16.0 Å². The van der Waals surface area contributed by atoms with E-state index in [1.807, 2.05) is 31.3 Å². The van der Waals surface area contributed by atoms with Crippen LogP contribution in [-0.4, -0.2) is 52.0 Å². The van der Waals surface area contributed by atoms with Gasteiger partial charge in [-0.05, 0) is 19.1 Å². The summed E-state index contributed by atoms with van der Waals surface area (Å²) in [5.41, 5.74) is 2.71. The highest BCUT2D eigenvalue weighted by molar-refractivity contribution is 5.82. The normalized spacial score (nSPS) is 18.5. The Morgan fingerprint density at radius 2 is 2.00 bits per heavy atom. The van der Waals surface area contributed by atoms with Crippen molar-refractivity contribution in [2.45, 2.75) is 19.4 Å². The van der Waals surface area contributed by atoms with E-state index in [0.29, 0.717) is 43.5 Å². The van der Waals surface area contributed by atoms with E-state index >= 15 is 0 Å².